The molecule has 7 nitrogen and oxygen atoms in total. The molecular weight excluding hydrogens is 404 g/mol. The molecule has 5 rings (SSSR count). The number of hydrogen-bond acceptors (Lipinski definition) is 6. The molecule has 1 saturated carbocycles. The van der Waals surface area contributed by atoms with Crippen LogP contribution < -0.4 is 4.90 Å². The highest BCUT2D eigenvalue weighted by molar-refractivity contribution is 5.81. The van der Waals surface area contributed by atoms with Crippen LogP contribution in [0.4, 0.5) is 5.88 Å². The van der Waals surface area contributed by atoms with E-state index in [1.165, 1.54) is 19.3 Å². The summed E-state index contributed by atoms with van der Waals surface area (Å²) in [6.45, 7) is 7.57. The summed E-state index contributed by atoms with van der Waals surface area (Å²) in [4.78, 5) is 20.0. The molecule has 1 aliphatic carbocycles. The van der Waals surface area contributed by atoms with Gasteiger partial charge in [-0.1, -0.05) is 35.5 Å². The van der Waals surface area contributed by atoms with Crippen LogP contribution in [0.15, 0.2) is 34.9 Å². The molecule has 0 unspecified atom stereocenters. The van der Waals surface area contributed by atoms with Gasteiger partial charge in [0, 0.05) is 50.7 Å². The van der Waals surface area contributed by atoms with Crippen LogP contribution in [0.5, 0.6) is 0 Å². The summed E-state index contributed by atoms with van der Waals surface area (Å²) in [5.41, 5.74) is 2.96. The Hall–Kier alpha value is -2.38. The van der Waals surface area contributed by atoms with Gasteiger partial charge in [0.2, 0.25) is 11.8 Å². The molecule has 0 atom stereocenters. The molecule has 0 N–H and O–H groups in total. The SMILES string of the molecule is O=C(C1CC1)N(CCN1CCOCC1)Cc1c(-c2ccccc2)noc1N1CCCCC1. The number of benzene rings is 1. The molecule has 1 aromatic carbocycles. The van der Waals surface area contributed by atoms with Crippen molar-refractivity contribution in [3.63, 3.8) is 0 Å². The Morgan fingerprint density at radius 3 is 2.50 bits per heavy atom. The van der Waals surface area contributed by atoms with Crippen molar-refractivity contribution in [1.82, 2.24) is 15.0 Å². The fourth-order valence-corrected chi connectivity index (χ4v) is 4.74. The maximum absolute atomic E-state index is 13.3. The van der Waals surface area contributed by atoms with Gasteiger partial charge >= 0.3 is 0 Å². The van der Waals surface area contributed by atoms with Crippen molar-refractivity contribution in [1.29, 1.82) is 0 Å². The third-order valence-electron chi connectivity index (χ3n) is 6.83. The number of morpholine rings is 1. The molecule has 2 aliphatic heterocycles. The van der Waals surface area contributed by atoms with E-state index in [2.05, 4.69) is 32.0 Å². The molecule has 1 amide bonds. The zero-order valence-corrected chi connectivity index (χ0v) is 18.9. The molecular formula is C25H34N4O3. The van der Waals surface area contributed by atoms with E-state index < -0.39 is 0 Å². The van der Waals surface area contributed by atoms with Gasteiger partial charge in [-0.25, -0.2) is 0 Å². The molecule has 3 fully saturated rings. The van der Waals surface area contributed by atoms with Crippen molar-refractivity contribution in [2.75, 3.05) is 57.4 Å². The molecule has 32 heavy (non-hydrogen) atoms. The van der Waals surface area contributed by atoms with Crippen LogP contribution in [0.25, 0.3) is 11.3 Å². The summed E-state index contributed by atoms with van der Waals surface area (Å²) in [6, 6.07) is 10.2. The van der Waals surface area contributed by atoms with Crippen LogP contribution >= 0.6 is 0 Å². The van der Waals surface area contributed by atoms with Gasteiger partial charge in [0.05, 0.1) is 25.3 Å². The van der Waals surface area contributed by atoms with Gasteiger partial charge in [0.15, 0.2) is 0 Å². The highest BCUT2D eigenvalue weighted by atomic mass is 16.5. The lowest BCUT2D eigenvalue weighted by Crippen LogP contribution is -2.43. The first-order valence-corrected chi connectivity index (χ1v) is 12.2. The Kier molecular flexibility index (Phi) is 6.74. The fraction of sp³-hybridized carbons (Fsp3) is 0.600. The molecule has 2 saturated heterocycles. The predicted molar refractivity (Wildman–Crippen MR) is 123 cm³/mol. The van der Waals surface area contributed by atoms with Crippen molar-refractivity contribution in [3.8, 4) is 11.3 Å². The first-order chi connectivity index (χ1) is 15.8. The molecule has 3 aliphatic rings. The van der Waals surface area contributed by atoms with Gasteiger partial charge in [-0.2, -0.15) is 0 Å². The maximum atomic E-state index is 13.3. The quantitative estimate of drug-likeness (QED) is 0.630. The van der Waals surface area contributed by atoms with Crippen LogP contribution in [-0.4, -0.2) is 73.3 Å². The summed E-state index contributed by atoms with van der Waals surface area (Å²) >= 11 is 0. The van der Waals surface area contributed by atoms with E-state index in [-0.39, 0.29) is 11.8 Å². The number of carbonyl (C=O) groups is 1. The summed E-state index contributed by atoms with van der Waals surface area (Å²) in [5.74, 6) is 1.32. The molecule has 1 aromatic heterocycles. The number of anilines is 1. The summed E-state index contributed by atoms with van der Waals surface area (Å²) < 4.78 is 11.4. The fourth-order valence-electron chi connectivity index (χ4n) is 4.74. The summed E-state index contributed by atoms with van der Waals surface area (Å²) in [5, 5.41) is 4.50. The number of piperidine rings is 1. The van der Waals surface area contributed by atoms with Crippen LogP contribution in [0, 0.1) is 5.92 Å². The molecule has 7 heteroatoms. The van der Waals surface area contributed by atoms with E-state index in [4.69, 9.17) is 9.26 Å². The average Bonchev–Trinajstić information content (AvgIpc) is 3.63. The molecule has 2 aromatic rings. The first kappa shape index (κ1) is 21.5. The van der Waals surface area contributed by atoms with Gasteiger partial charge in [0.25, 0.3) is 0 Å². The zero-order valence-electron chi connectivity index (χ0n) is 18.9. The Morgan fingerprint density at radius 1 is 1.03 bits per heavy atom. The second-order valence-corrected chi connectivity index (χ2v) is 9.22. The van der Waals surface area contributed by atoms with E-state index in [9.17, 15) is 4.79 Å². The number of nitrogens with zero attached hydrogens (tertiary/aromatic N) is 4. The molecule has 0 bridgehead atoms. The van der Waals surface area contributed by atoms with Gasteiger partial charge < -0.3 is 19.1 Å². The van der Waals surface area contributed by atoms with Crippen LogP contribution in [0.2, 0.25) is 0 Å². The largest absolute Gasteiger partial charge is 0.379 e. The van der Waals surface area contributed by atoms with Crippen molar-refractivity contribution >= 4 is 11.8 Å². The number of hydrogen-bond donors (Lipinski definition) is 0. The number of rotatable bonds is 8. The standard InChI is InChI=1S/C25H34N4O3/c30-24(21-9-10-21)29(14-13-27-15-17-31-18-16-27)19-22-23(20-7-3-1-4-8-20)26-32-25(22)28-11-5-2-6-12-28/h1,3-4,7-8,21H,2,5-6,9-19H2. The van der Waals surface area contributed by atoms with E-state index >= 15 is 0 Å². The molecule has 0 spiro atoms. The Bertz CT molecular complexity index is 884. The monoisotopic (exact) mass is 438 g/mol. The lowest BCUT2D eigenvalue weighted by atomic mass is 10.1. The number of amides is 1. The highest BCUT2D eigenvalue weighted by Crippen LogP contribution is 2.36. The van der Waals surface area contributed by atoms with Gasteiger partial charge in [-0.3, -0.25) is 9.69 Å². The van der Waals surface area contributed by atoms with Crippen LogP contribution in [-0.2, 0) is 16.1 Å². The third-order valence-corrected chi connectivity index (χ3v) is 6.83. The van der Waals surface area contributed by atoms with E-state index in [0.717, 1.165) is 88.0 Å². The maximum Gasteiger partial charge on any atom is 0.232 e. The summed E-state index contributed by atoms with van der Waals surface area (Å²) in [6.07, 6.45) is 5.63. The normalized spacial score (nSPS) is 19.8. The van der Waals surface area contributed by atoms with Crippen molar-refractivity contribution in [2.24, 2.45) is 5.92 Å². The molecule has 0 radical (unpaired) electrons. The van der Waals surface area contributed by atoms with E-state index in [1.807, 2.05) is 18.2 Å². The van der Waals surface area contributed by atoms with E-state index in [0.29, 0.717) is 6.54 Å². The second kappa shape index (κ2) is 10.0. The van der Waals surface area contributed by atoms with Crippen molar-refractivity contribution in [2.45, 2.75) is 38.6 Å². The van der Waals surface area contributed by atoms with Crippen LogP contribution in [0.1, 0.15) is 37.7 Å². The summed E-state index contributed by atoms with van der Waals surface area (Å²) in [7, 11) is 0. The Balaban J connectivity index is 1.41. The minimum Gasteiger partial charge on any atom is -0.379 e. The van der Waals surface area contributed by atoms with Gasteiger partial charge in [-0.15, -0.1) is 0 Å². The minimum absolute atomic E-state index is 0.193. The lowest BCUT2D eigenvalue weighted by Gasteiger charge is -2.31. The van der Waals surface area contributed by atoms with Crippen LogP contribution in [0.3, 0.4) is 0 Å². The van der Waals surface area contributed by atoms with E-state index in [1.54, 1.807) is 0 Å². The topological polar surface area (TPSA) is 62.1 Å². The van der Waals surface area contributed by atoms with Crippen molar-refractivity contribution < 1.29 is 14.1 Å². The van der Waals surface area contributed by atoms with Gasteiger partial charge in [-0.05, 0) is 32.1 Å². The first-order valence-electron chi connectivity index (χ1n) is 12.2. The third kappa shape index (κ3) is 4.99. The second-order valence-electron chi connectivity index (χ2n) is 9.22. The predicted octanol–water partition coefficient (Wildman–Crippen LogP) is 3.40. The average molecular weight is 439 g/mol. The number of ether oxygens (including phenoxy) is 1. The van der Waals surface area contributed by atoms with Crippen molar-refractivity contribution in [3.05, 3.63) is 35.9 Å². The minimum atomic E-state index is 0.193. The number of aromatic nitrogens is 1. The highest BCUT2D eigenvalue weighted by Gasteiger charge is 2.35. The molecule has 3 heterocycles. The Morgan fingerprint density at radius 2 is 1.78 bits per heavy atom. The smallest absolute Gasteiger partial charge is 0.232 e. The van der Waals surface area contributed by atoms with Gasteiger partial charge in [0.1, 0.15) is 5.69 Å². The molecule has 172 valence electrons. The zero-order chi connectivity index (χ0) is 21.8. The number of carbonyl (C=O) groups excluding carboxylic acids is 1. The lowest BCUT2D eigenvalue weighted by molar-refractivity contribution is -0.133. The Labute approximate surface area is 190 Å².